The third-order valence-corrected chi connectivity index (χ3v) is 2.35. The normalized spacial score (nSPS) is 11.6. The maximum Gasteiger partial charge on any atom is 0.673 e. The molecule has 0 fully saturated rings. The lowest BCUT2D eigenvalue weighted by atomic mass is 10.2. The smallest absolute Gasteiger partial charge is 0.418 e. The van der Waals surface area contributed by atoms with E-state index in [9.17, 15) is 17.3 Å². The third kappa shape index (κ3) is 7.58. The van der Waals surface area contributed by atoms with Crippen LogP contribution in [0.5, 0.6) is 0 Å². The number of hydrogen-bond acceptors (Lipinski definition) is 0. The number of pyridine rings is 1. The van der Waals surface area contributed by atoms with Crippen LogP contribution in [0.1, 0.15) is 5.56 Å². The molecule has 0 spiro atoms. The van der Waals surface area contributed by atoms with E-state index in [2.05, 4.69) is 0 Å². The lowest BCUT2D eigenvalue weighted by Gasteiger charge is -1.94. The summed E-state index contributed by atoms with van der Waals surface area (Å²) in [6.07, 6.45) is 5.77. The Morgan fingerprint density at radius 1 is 0.900 bits per heavy atom. The summed E-state index contributed by atoms with van der Waals surface area (Å²) < 4.78 is 40.9. The van der Waals surface area contributed by atoms with E-state index in [0.29, 0.717) is 5.16 Å². The molecule has 0 radical (unpaired) electrons. The molecular weight excluding hydrogens is 292 g/mol. The standard InChI is InChI=1S/C13H11ClN.BF4/c14-13(15-9-5-2-6-10-15)11-12-7-3-1-4-8-12;2-1(3,4)5/h1-11H;/q+1;-1. The van der Waals surface area contributed by atoms with Crippen LogP contribution >= 0.6 is 11.6 Å². The molecule has 1 heterocycles. The van der Waals surface area contributed by atoms with Crippen molar-refractivity contribution < 1.29 is 21.8 Å². The number of nitrogens with zero attached hydrogens (tertiary/aromatic N) is 1. The minimum Gasteiger partial charge on any atom is -0.418 e. The van der Waals surface area contributed by atoms with Gasteiger partial charge in [-0.15, -0.1) is 0 Å². The maximum absolute atomic E-state index is 9.75. The first-order valence-corrected chi connectivity index (χ1v) is 6.00. The van der Waals surface area contributed by atoms with Gasteiger partial charge in [0.2, 0.25) is 0 Å². The van der Waals surface area contributed by atoms with Gasteiger partial charge in [-0.25, -0.2) is 0 Å². The van der Waals surface area contributed by atoms with Gasteiger partial charge in [0.05, 0.1) is 0 Å². The number of benzene rings is 1. The van der Waals surface area contributed by atoms with Crippen molar-refractivity contribution in [3.63, 3.8) is 0 Å². The van der Waals surface area contributed by atoms with Gasteiger partial charge in [0.15, 0.2) is 12.4 Å². The van der Waals surface area contributed by atoms with E-state index >= 15 is 0 Å². The van der Waals surface area contributed by atoms with Crippen molar-refractivity contribution in [3.8, 4) is 0 Å². The van der Waals surface area contributed by atoms with Crippen molar-refractivity contribution in [2.75, 3.05) is 0 Å². The average molecular weight is 303 g/mol. The number of aromatic nitrogens is 1. The maximum atomic E-state index is 9.75. The highest BCUT2D eigenvalue weighted by Gasteiger charge is 2.20. The van der Waals surface area contributed by atoms with Gasteiger partial charge in [-0.1, -0.05) is 36.4 Å². The Morgan fingerprint density at radius 3 is 1.85 bits per heavy atom. The first-order chi connectivity index (χ1) is 9.36. The van der Waals surface area contributed by atoms with E-state index in [0.717, 1.165) is 5.56 Å². The number of hydrogen-bond donors (Lipinski definition) is 0. The van der Waals surface area contributed by atoms with E-state index in [-0.39, 0.29) is 0 Å². The molecule has 0 saturated carbocycles. The lowest BCUT2D eigenvalue weighted by molar-refractivity contribution is -0.573. The van der Waals surface area contributed by atoms with Crippen molar-refractivity contribution in [1.29, 1.82) is 0 Å². The second kappa shape index (κ2) is 7.70. The highest BCUT2D eigenvalue weighted by molar-refractivity contribution is 6.50. The molecule has 0 bridgehead atoms. The average Bonchev–Trinajstić information content (AvgIpc) is 2.39. The molecule has 1 aromatic heterocycles. The van der Waals surface area contributed by atoms with E-state index in [1.165, 1.54) is 0 Å². The predicted octanol–water partition coefficient (Wildman–Crippen LogP) is 4.47. The van der Waals surface area contributed by atoms with Crippen LogP contribution in [0.2, 0.25) is 0 Å². The summed E-state index contributed by atoms with van der Waals surface area (Å²) in [6, 6.07) is 15.9. The summed E-state index contributed by atoms with van der Waals surface area (Å²) in [5, 5.41) is 0.682. The summed E-state index contributed by atoms with van der Waals surface area (Å²) in [6.45, 7) is 0. The van der Waals surface area contributed by atoms with Gasteiger partial charge < -0.3 is 17.3 Å². The topological polar surface area (TPSA) is 3.88 Å². The van der Waals surface area contributed by atoms with Gasteiger partial charge in [0.1, 0.15) is 0 Å². The Kier molecular flexibility index (Phi) is 6.25. The SMILES string of the molecule is ClC(=Cc1ccccc1)[n+]1ccccc1.F[B-](F)(F)F. The fourth-order valence-corrected chi connectivity index (χ4v) is 1.54. The van der Waals surface area contributed by atoms with E-state index < -0.39 is 7.25 Å². The minimum absolute atomic E-state index is 0.682. The molecule has 1 nitrogen and oxygen atoms in total. The van der Waals surface area contributed by atoms with Gasteiger partial charge in [0, 0.05) is 18.2 Å². The molecule has 2 rings (SSSR count). The zero-order valence-electron chi connectivity index (χ0n) is 10.3. The van der Waals surface area contributed by atoms with E-state index in [1.807, 2.05) is 71.6 Å². The second-order valence-electron chi connectivity index (χ2n) is 3.66. The molecule has 0 amide bonds. The summed E-state index contributed by atoms with van der Waals surface area (Å²) in [7, 11) is -6.00. The van der Waals surface area contributed by atoms with Crippen molar-refractivity contribution in [1.82, 2.24) is 0 Å². The highest BCUT2D eigenvalue weighted by atomic mass is 35.5. The van der Waals surface area contributed by atoms with Crippen molar-refractivity contribution >= 4 is 30.1 Å². The van der Waals surface area contributed by atoms with Crippen molar-refractivity contribution in [2.24, 2.45) is 0 Å². The first-order valence-electron chi connectivity index (χ1n) is 5.62. The highest BCUT2D eigenvalue weighted by Crippen LogP contribution is 2.09. The molecule has 1 aromatic carbocycles. The molecule has 2 aromatic rings. The molecular formula is C13H11BClF4N. The van der Waals surface area contributed by atoms with Gasteiger partial charge in [-0.2, -0.15) is 4.57 Å². The Hall–Kier alpha value is -1.82. The van der Waals surface area contributed by atoms with Crippen LogP contribution in [0.4, 0.5) is 17.3 Å². The molecule has 0 aliphatic rings. The molecule has 20 heavy (non-hydrogen) atoms. The predicted molar refractivity (Wildman–Crippen MR) is 73.3 cm³/mol. The monoisotopic (exact) mass is 303 g/mol. The van der Waals surface area contributed by atoms with Gasteiger partial charge in [-0.05, 0) is 17.2 Å². The van der Waals surface area contributed by atoms with Gasteiger partial charge >= 0.3 is 7.25 Å². The largest absolute Gasteiger partial charge is 0.673 e. The Bertz CT molecular complexity index is 537. The molecule has 0 saturated heterocycles. The summed E-state index contributed by atoms with van der Waals surface area (Å²) >= 11 is 6.16. The van der Waals surface area contributed by atoms with Crippen LogP contribution in [0.15, 0.2) is 60.9 Å². The molecule has 0 N–H and O–H groups in total. The molecule has 0 atom stereocenters. The van der Waals surface area contributed by atoms with Crippen LogP contribution < -0.4 is 4.57 Å². The van der Waals surface area contributed by atoms with Crippen LogP contribution in [-0.2, 0) is 0 Å². The molecule has 106 valence electrons. The minimum atomic E-state index is -6.00. The van der Waals surface area contributed by atoms with Gasteiger partial charge in [0.25, 0.3) is 5.16 Å². The molecule has 0 unspecified atom stereocenters. The quantitative estimate of drug-likeness (QED) is 0.438. The second-order valence-corrected chi connectivity index (χ2v) is 4.04. The zero-order chi connectivity index (χ0) is 15.0. The van der Waals surface area contributed by atoms with Crippen LogP contribution in [0.3, 0.4) is 0 Å². The fraction of sp³-hybridized carbons (Fsp3) is 0. The van der Waals surface area contributed by atoms with Crippen molar-refractivity contribution in [2.45, 2.75) is 0 Å². The zero-order valence-corrected chi connectivity index (χ0v) is 11.0. The fourth-order valence-electron chi connectivity index (χ4n) is 1.30. The third-order valence-electron chi connectivity index (χ3n) is 2.05. The van der Waals surface area contributed by atoms with E-state index in [4.69, 9.17) is 11.6 Å². The Balaban J connectivity index is 0.000000347. The Morgan fingerprint density at radius 2 is 1.35 bits per heavy atom. The first kappa shape index (κ1) is 16.2. The number of halogens is 5. The van der Waals surface area contributed by atoms with E-state index in [1.54, 1.807) is 0 Å². The molecule has 7 heteroatoms. The summed E-state index contributed by atoms with van der Waals surface area (Å²) in [5.41, 5.74) is 1.10. The molecule has 0 aliphatic carbocycles. The summed E-state index contributed by atoms with van der Waals surface area (Å²) in [5.74, 6) is 0. The van der Waals surface area contributed by atoms with Crippen molar-refractivity contribution in [3.05, 3.63) is 66.5 Å². The van der Waals surface area contributed by atoms with Crippen LogP contribution in [-0.4, -0.2) is 7.25 Å². The number of rotatable bonds is 2. The Labute approximate surface area is 119 Å². The van der Waals surface area contributed by atoms with Crippen LogP contribution in [0.25, 0.3) is 11.2 Å². The molecule has 0 aliphatic heterocycles. The lowest BCUT2D eigenvalue weighted by Crippen LogP contribution is -2.27. The van der Waals surface area contributed by atoms with Gasteiger partial charge in [-0.3, -0.25) is 0 Å². The summed E-state index contributed by atoms with van der Waals surface area (Å²) in [4.78, 5) is 0. The van der Waals surface area contributed by atoms with Crippen LogP contribution in [0, 0.1) is 0 Å².